The van der Waals surface area contributed by atoms with E-state index < -0.39 is 11.8 Å². The number of hydrogen-bond donors (Lipinski definition) is 3. The van der Waals surface area contributed by atoms with Gasteiger partial charge in [-0.15, -0.1) is 5.10 Å². The lowest BCUT2D eigenvalue weighted by Gasteiger charge is -2.38. The number of H-pyrrole nitrogens is 1. The fourth-order valence-corrected chi connectivity index (χ4v) is 4.60. The van der Waals surface area contributed by atoms with Crippen molar-refractivity contribution in [1.29, 1.82) is 0 Å². The monoisotopic (exact) mass is 515 g/mol. The first-order valence-electron chi connectivity index (χ1n) is 12.2. The minimum atomic E-state index is -0.612. The highest BCUT2D eigenvalue weighted by atomic mass is 35.5. The van der Waals surface area contributed by atoms with E-state index in [1.807, 2.05) is 12.1 Å². The Bertz CT molecular complexity index is 1150. The molecule has 4 rings (SSSR count). The Kier molecular flexibility index (Phi) is 8.58. The molecule has 1 heterocycles. The fourth-order valence-electron chi connectivity index (χ4n) is 4.44. The lowest BCUT2D eigenvalue weighted by molar-refractivity contribution is 0.262. The number of tetrazole rings is 1. The van der Waals surface area contributed by atoms with E-state index in [9.17, 15) is 9.18 Å². The first kappa shape index (κ1) is 25.7. The van der Waals surface area contributed by atoms with Crippen LogP contribution in [0.2, 0.25) is 5.02 Å². The number of hydrogen-bond acceptors (Lipinski definition) is 6. The molecule has 11 heteroatoms. The third-order valence-corrected chi connectivity index (χ3v) is 6.28. The number of rotatable bonds is 9. The maximum Gasteiger partial charge on any atom is 0.323 e. The number of anilines is 3. The summed E-state index contributed by atoms with van der Waals surface area (Å²) in [6.07, 6.45) is 5.82. The average Bonchev–Trinajstić information content (AvgIpc) is 3.38. The number of benzene rings is 2. The Morgan fingerprint density at radius 3 is 2.64 bits per heavy atom. The minimum Gasteiger partial charge on any atom is -0.485 e. The van der Waals surface area contributed by atoms with Crippen molar-refractivity contribution in [3.8, 4) is 5.75 Å². The van der Waals surface area contributed by atoms with E-state index in [-0.39, 0.29) is 17.3 Å². The summed E-state index contributed by atoms with van der Waals surface area (Å²) in [5.74, 6) is 0.829. The number of carbonyl (C=O) groups excluding carboxylic acids is 1. The smallest absolute Gasteiger partial charge is 0.323 e. The lowest BCUT2D eigenvalue weighted by atomic mass is 9.93. The molecule has 1 aromatic heterocycles. The van der Waals surface area contributed by atoms with Crippen LogP contribution in [-0.2, 0) is 6.61 Å². The van der Waals surface area contributed by atoms with Crippen molar-refractivity contribution in [2.24, 2.45) is 5.92 Å². The normalized spacial score (nSPS) is 14.0. The molecule has 0 saturated heterocycles. The molecule has 2 aromatic carbocycles. The van der Waals surface area contributed by atoms with E-state index in [2.05, 4.69) is 50.0 Å². The van der Waals surface area contributed by atoms with Gasteiger partial charge in [0.1, 0.15) is 18.2 Å². The van der Waals surface area contributed by atoms with Gasteiger partial charge in [-0.3, -0.25) is 0 Å². The van der Waals surface area contributed by atoms with Gasteiger partial charge in [0.05, 0.1) is 17.1 Å². The zero-order valence-electron chi connectivity index (χ0n) is 20.4. The zero-order valence-corrected chi connectivity index (χ0v) is 21.2. The first-order chi connectivity index (χ1) is 17.4. The predicted octanol–water partition coefficient (Wildman–Crippen LogP) is 6.01. The van der Waals surface area contributed by atoms with Crippen LogP contribution in [0.1, 0.15) is 51.8 Å². The molecule has 1 saturated carbocycles. The van der Waals surface area contributed by atoms with Crippen molar-refractivity contribution in [1.82, 2.24) is 20.6 Å². The minimum absolute atomic E-state index is 0.0370. The SMILES string of the molecule is CC(C)CN(c1ccc(OCc2nnn[nH]2)cc1NC(=O)Nc1ccc(Cl)cc1F)C1CCCCC1. The van der Waals surface area contributed by atoms with Crippen LogP contribution >= 0.6 is 11.6 Å². The largest absolute Gasteiger partial charge is 0.485 e. The molecular formula is C25H31ClFN7O2. The Morgan fingerprint density at radius 1 is 1.17 bits per heavy atom. The van der Waals surface area contributed by atoms with Gasteiger partial charge in [0.2, 0.25) is 0 Å². The van der Waals surface area contributed by atoms with Gasteiger partial charge in [0.15, 0.2) is 5.82 Å². The highest BCUT2D eigenvalue weighted by Gasteiger charge is 2.25. The van der Waals surface area contributed by atoms with Gasteiger partial charge < -0.3 is 20.3 Å². The molecule has 9 nitrogen and oxygen atoms in total. The van der Waals surface area contributed by atoms with Gasteiger partial charge in [-0.1, -0.05) is 44.7 Å². The van der Waals surface area contributed by atoms with Crippen LogP contribution in [0.5, 0.6) is 5.75 Å². The Labute approximate surface area is 214 Å². The summed E-state index contributed by atoms with van der Waals surface area (Å²) in [6, 6.07) is 9.52. The van der Waals surface area contributed by atoms with Gasteiger partial charge in [0, 0.05) is 23.7 Å². The number of carbonyl (C=O) groups is 1. The molecule has 3 aromatic rings. The molecule has 2 amide bonds. The van der Waals surface area contributed by atoms with E-state index in [0.29, 0.717) is 29.2 Å². The van der Waals surface area contributed by atoms with Gasteiger partial charge in [0.25, 0.3) is 0 Å². The molecule has 3 N–H and O–H groups in total. The van der Waals surface area contributed by atoms with Crippen LogP contribution < -0.4 is 20.3 Å². The number of amides is 2. The third-order valence-electron chi connectivity index (χ3n) is 6.05. The van der Waals surface area contributed by atoms with Crippen LogP contribution in [0, 0.1) is 11.7 Å². The molecule has 36 heavy (non-hydrogen) atoms. The number of nitrogens with zero attached hydrogens (tertiary/aromatic N) is 4. The van der Waals surface area contributed by atoms with Crippen LogP contribution in [0.3, 0.4) is 0 Å². The molecule has 0 spiro atoms. The number of ether oxygens (including phenoxy) is 1. The third kappa shape index (κ3) is 6.84. The molecule has 1 fully saturated rings. The van der Waals surface area contributed by atoms with Gasteiger partial charge >= 0.3 is 6.03 Å². The Morgan fingerprint density at radius 2 is 1.94 bits per heavy atom. The summed E-state index contributed by atoms with van der Waals surface area (Å²) >= 11 is 5.84. The second-order valence-electron chi connectivity index (χ2n) is 9.36. The number of aromatic nitrogens is 4. The fraction of sp³-hybridized carbons (Fsp3) is 0.440. The summed E-state index contributed by atoms with van der Waals surface area (Å²) < 4.78 is 20.1. The molecule has 192 valence electrons. The average molecular weight is 516 g/mol. The van der Waals surface area contributed by atoms with Crippen LogP contribution in [0.25, 0.3) is 0 Å². The second kappa shape index (κ2) is 12.0. The summed E-state index contributed by atoms with van der Waals surface area (Å²) in [5, 5.41) is 19.3. The molecule has 0 unspecified atom stereocenters. The standard InChI is InChI=1S/C25H31ClFN7O2/c1-16(2)14-34(18-6-4-3-5-7-18)23-11-9-19(36-15-24-30-32-33-31-24)13-22(23)29-25(35)28-21-10-8-17(26)12-20(21)27/h8-13,16,18H,3-7,14-15H2,1-2H3,(H2,28,29,35)(H,30,31,32,33). The Balaban J connectivity index is 1.61. The Hall–Kier alpha value is -3.40. The zero-order chi connectivity index (χ0) is 25.5. The summed E-state index contributed by atoms with van der Waals surface area (Å²) in [5.41, 5.74) is 1.51. The van der Waals surface area contributed by atoms with E-state index in [1.165, 1.54) is 31.4 Å². The highest BCUT2D eigenvalue weighted by molar-refractivity contribution is 6.30. The number of halogens is 2. The van der Waals surface area contributed by atoms with Gasteiger partial charge in [-0.2, -0.15) is 0 Å². The van der Waals surface area contributed by atoms with Gasteiger partial charge in [-0.25, -0.2) is 14.3 Å². The molecule has 0 bridgehead atoms. The van der Waals surface area contributed by atoms with Crippen LogP contribution in [-0.4, -0.2) is 39.2 Å². The van der Waals surface area contributed by atoms with Gasteiger partial charge in [-0.05, 0) is 59.5 Å². The number of urea groups is 1. The summed E-state index contributed by atoms with van der Waals surface area (Å²) in [4.78, 5) is 15.3. The van der Waals surface area contributed by atoms with E-state index in [4.69, 9.17) is 16.3 Å². The lowest BCUT2D eigenvalue weighted by Crippen LogP contribution is -2.40. The molecule has 0 atom stereocenters. The van der Waals surface area contributed by atoms with Crippen molar-refractivity contribution < 1.29 is 13.9 Å². The van der Waals surface area contributed by atoms with E-state index in [1.54, 1.807) is 6.07 Å². The quantitative estimate of drug-likeness (QED) is 0.322. The topological polar surface area (TPSA) is 108 Å². The highest BCUT2D eigenvalue weighted by Crippen LogP contribution is 2.36. The van der Waals surface area contributed by atoms with Crippen LogP contribution in [0.4, 0.5) is 26.2 Å². The van der Waals surface area contributed by atoms with Crippen LogP contribution in [0.15, 0.2) is 36.4 Å². The molecule has 1 aliphatic carbocycles. The second-order valence-corrected chi connectivity index (χ2v) is 9.79. The maximum atomic E-state index is 14.3. The number of aromatic amines is 1. The van der Waals surface area contributed by atoms with Crippen molar-refractivity contribution in [3.63, 3.8) is 0 Å². The summed E-state index contributed by atoms with van der Waals surface area (Å²) in [6.45, 7) is 5.35. The molecule has 1 aliphatic rings. The number of nitrogens with one attached hydrogen (secondary N) is 3. The predicted molar refractivity (Wildman–Crippen MR) is 138 cm³/mol. The van der Waals surface area contributed by atoms with Crippen molar-refractivity contribution in [3.05, 3.63) is 53.1 Å². The molecule has 0 aliphatic heterocycles. The van der Waals surface area contributed by atoms with Crippen molar-refractivity contribution in [2.75, 3.05) is 22.1 Å². The molecule has 0 radical (unpaired) electrons. The summed E-state index contributed by atoms with van der Waals surface area (Å²) in [7, 11) is 0. The molecular weight excluding hydrogens is 485 g/mol. The van der Waals surface area contributed by atoms with E-state index >= 15 is 0 Å². The maximum absolute atomic E-state index is 14.3. The van der Waals surface area contributed by atoms with E-state index in [0.717, 1.165) is 31.1 Å². The van der Waals surface area contributed by atoms with Crippen molar-refractivity contribution in [2.45, 2.75) is 58.6 Å². The van der Waals surface area contributed by atoms with Crippen molar-refractivity contribution >= 4 is 34.7 Å². The first-order valence-corrected chi connectivity index (χ1v) is 12.6.